The molecule has 2 amide bonds. The van der Waals surface area contributed by atoms with Crippen molar-refractivity contribution >= 4 is 17.5 Å². The van der Waals surface area contributed by atoms with Crippen molar-refractivity contribution in [2.75, 3.05) is 11.9 Å². The predicted octanol–water partition coefficient (Wildman–Crippen LogP) is 0.452. The molecule has 8 heteroatoms. The summed E-state index contributed by atoms with van der Waals surface area (Å²) < 4.78 is 6.52. The molecule has 0 saturated heterocycles. The number of nitrogens with one attached hydrogen (secondary N) is 2. The van der Waals surface area contributed by atoms with E-state index >= 15 is 0 Å². The van der Waals surface area contributed by atoms with Crippen LogP contribution in [0, 0.1) is 0 Å². The molecule has 0 radical (unpaired) electrons. The number of amides is 2. The van der Waals surface area contributed by atoms with Crippen LogP contribution in [0.3, 0.4) is 0 Å². The molecule has 2 N–H and O–H groups in total. The van der Waals surface area contributed by atoms with E-state index in [4.69, 9.17) is 4.74 Å². The maximum atomic E-state index is 12.1. The Labute approximate surface area is 137 Å². The summed E-state index contributed by atoms with van der Waals surface area (Å²) in [7, 11) is 0. The largest absolute Gasteiger partial charge is 0.482 e. The Morgan fingerprint density at radius 1 is 1.46 bits per heavy atom. The molecule has 0 spiro atoms. The molecule has 8 nitrogen and oxygen atoms in total. The zero-order chi connectivity index (χ0) is 17.1. The SMILES string of the molecule is C[C@@H](NC(=O)Cn1cccnc1=O)c1ccc2c(c1)NC(=O)CO2. The second-order valence-corrected chi connectivity index (χ2v) is 5.41. The molecule has 0 saturated carbocycles. The Balaban J connectivity index is 1.68. The number of ether oxygens (including phenoxy) is 1. The van der Waals surface area contributed by atoms with Gasteiger partial charge in [-0.3, -0.25) is 14.2 Å². The summed E-state index contributed by atoms with van der Waals surface area (Å²) in [5.41, 5.74) is 0.911. The summed E-state index contributed by atoms with van der Waals surface area (Å²) in [5, 5.41) is 5.54. The van der Waals surface area contributed by atoms with Crippen molar-refractivity contribution < 1.29 is 14.3 Å². The van der Waals surface area contributed by atoms with Crippen LogP contribution >= 0.6 is 0 Å². The summed E-state index contributed by atoms with van der Waals surface area (Å²) >= 11 is 0. The number of rotatable bonds is 4. The van der Waals surface area contributed by atoms with E-state index in [2.05, 4.69) is 15.6 Å². The van der Waals surface area contributed by atoms with Crippen molar-refractivity contribution in [1.82, 2.24) is 14.9 Å². The van der Waals surface area contributed by atoms with Gasteiger partial charge < -0.3 is 15.4 Å². The highest BCUT2D eigenvalue weighted by atomic mass is 16.5. The van der Waals surface area contributed by atoms with E-state index in [1.54, 1.807) is 18.2 Å². The first kappa shape index (κ1) is 15.7. The molecule has 124 valence electrons. The van der Waals surface area contributed by atoms with Gasteiger partial charge in [-0.15, -0.1) is 0 Å². The molecule has 1 aliphatic heterocycles. The van der Waals surface area contributed by atoms with Crippen LogP contribution in [0.15, 0.2) is 41.5 Å². The van der Waals surface area contributed by atoms with Crippen molar-refractivity contribution in [3.63, 3.8) is 0 Å². The molecular formula is C16H16N4O4. The van der Waals surface area contributed by atoms with Crippen LogP contribution in [0.5, 0.6) is 5.75 Å². The molecule has 2 heterocycles. The summed E-state index contributed by atoms with van der Waals surface area (Å²) in [4.78, 5) is 38.6. The highest BCUT2D eigenvalue weighted by Gasteiger charge is 2.18. The lowest BCUT2D eigenvalue weighted by Crippen LogP contribution is -2.34. The first-order valence-electron chi connectivity index (χ1n) is 7.40. The number of aromatic nitrogens is 2. The summed E-state index contributed by atoms with van der Waals surface area (Å²) in [6.45, 7) is 1.71. The minimum absolute atomic E-state index is 0.00149. The zero-order valence-corrected chi connectivity index (χ0v) is 13.0. The lowest BCUT2D eigenvalue weighted by molar-refractivity contribution is -0.122. The van der Waals surface area contributed by atoms with Gasteiger partial charge in [0.25, 0.3) is 5.91 Å². The molecule has 1 atom stereocenters. The van der Waals surface area contributed by atoms with Crippen molar-refractivity contribution in [3.05, 3.63) is 52.7 Å². The van der Waals surface area contributed by atoms with Crippen molar-refractivity contribution in [2.24, 2.45) is 0 Å². The molecule has 0 bridgehead atoms. The fourth-order valence-electron chi connectivity index (χ4n) is 2.40. The fourth-order valence-corrected chi connectivity index (χ4v) is 2.40. The molecule has 1 aromatic heterocycles. The van der Waals surface area contributed by atoms with Crippen molar-refractivity contribution in [1.29, 1.82) is 0 Å². The number of hydrogen-bond acceptors (Lipinski definition) is 5. The molecule has 0 unspecified atom stereocenters. The lowest BCUT2D eigenvalue weighted by atomic mass is 10.1. The highest BCUT2D eigenvalue weighted by Crippen LogP contribution is 2.30. The quantitative estimate of drug-likeness (QED) is 0.848. The van der Waals surface area contributed by atoms with Gasteiger partial charge in [-0.05, 0) is 30.7 Å². The molecule has 1 aromatic carbocycles. The number of anilines is 1. The van der Waals surface area contributed by atoms with E-state index in [-0.39, 0.29) is 31.0 Å². The number of benzene rings is 1. The van der Waals surface area contributed by atoms with Crippen LogP contribution in [0.4, 0.5) is 5.69 Å². The third-order valence-electron chi connectivity index (χ3n) is 3.61. The number of carbonyl (C=O) groups is 2. The van der Waals surface area contributed by atoms with Gasteiger partial charge in [-0.1, -0.05) is 6.07 Å². The van der Waals surface area contributed by atoms with Gasteiger partial charge in [0.2, 0.25) is 5.91 Å². The van der Waals surface area contributed by atoms with Crippen LogP contribution in [0.2, 0.25) is 0 Å². The van der Waals surface area contributed by atoms with Gasteiger partial charge in [-0.25, -0.2) is 9.78 Å². The Bertz CT molecular complexity index is 846. The van der Waals surface area contributed by atoms with E-state index in [1.807, 2.05) is 13.0 Å². The molecule has 2 aromatic rings. The standard InChI is InChI=1S/C16H16N4O4/c1-10(18-14(21)8-20-6-2-5-17-16(20)23)11-3-4-13-12(7-11)19-15(22)9-24-13/h2-7,10H,8-9H2,1H3,(H,18,21)(H,19,22)/t10-/m1/s1. The Morgan fingerprint density at radius 2 is 2.29 bits per heavy atom. The normalized spacial score (nSPS) is 14.1. The lowest BCUT2D eigenvalue weighted by Gasteiger charge is -2.21. The van der Waals surface area contributed by atoms with Gasteiger partial charge >= 0.3 is 5.69 Å². The molecule has 0 aliphatic carbocycles. The minimum atomic E-state index is -0.478. The molecular weight excluding hydrogens is 312 g/mol. The second-order valence-electron chi connectivity index (χ2n) is 5.41. The minimum Gasteiger partial charge on any atom is -0.482 e. The summed E-state index contributed by atoms with van der Waals surface area (Å²) in [6, 6.07) is 6.61. The van der Waals surface area contributed by atoms with Gasteiger partial charge in [0, 0.05) is 12.4 Å². The van der Waals surface area contributed by atoms with Gasteiger partial charge in [-0.2, -0.15) is 0 Å². The van der Waals surface area contributed by atoms with E-state index in [0.29, 0.717) is 11.4 Å². The van der Waals surface area contributed by atoms with Crippen LogP contribution in [0.25, 0.3) is 0 Å². The first-order valence-corrected chi connectivity index (χ1v) is 7.40. The monoisotopic (exact) mass is 328 g/mol. The van der Waals surface area contributed by atoms with Crippen LogP contribution in [-0.2, 0) is 16.1 Å². The third kappa shape index (κ3) is 3.43. The van der Waals surface area contributed by atoms with E-state index in [0.717, 1.165) is 5.56 Å². The van der Waals surface area contributed by atoms with E-state index in [1.165, 1.54) is 17.0 Å². The smallest absolute Gasteiger partial charge is 0.347 e. The van der Waals surface area contributed by atoms with Crippen molar-refractivity contribution in [2.45, 2.75) is 19.5 Å². The number of fused-ring (bicyclic) bond motifs is 1. The number of nitrogens with zero attached hydrogens (tertiary/aromatic N) is 2. The number of carbonyl (C=O) groups excluding carboxylic acids is 2. The predicted molar refractivity (Wildman–Crippen MR) is 85.6 cm³/mol. The van der Waals surface area contributed by atoms with Gasteiger partial charge in [0.05, 0.1) is 11.7 Å². The molecule has 0 fully saturated rings. The van der Waals surface area contributed by atoms with E-state index in [9.17, 15) is 14.4 Å². The maximum Gasteiger partial charge on any atom is 0.347 e. The Kier molecular flexibility index (Phi) is 4.28. The molecule has 24 heavy (non-hydrogen) atoms. The first-order chi connectivity index (χ1) is 11.5. The Morgan fingerprint density at radius 3 is 3.08 bits per heavy atom. The fraction of sp³-hybridized carbons (Fsp3) is 0.250. The summed E-state index contributed by atoms with van der Waals surface area (Å²) in [6.07, 6.45) is 2.88. The zero-order valence-electron chi connectivity index (χ0n) is 13.0. The third-order valence-corrected chi connectivity index (χ3v) is 3.61. The average Bonchev–Trinajstić information content (AvgIpc) is 2.56. The van der Waals surface area contributed by atoms with Crippen LogP contribution in [0.1, 0.15) is 18.5 Å². The maximum absolute atomic E-state index is 12.1. The van der Waals surface area contributed by atoms with Crippen LogP contribution < -0.4 is 21.1 Å². The van der Waals surface area contributed by atoms with Crippen LogP contribution in [-0.4, -0.2) is 28.0 Å². The summed E-state index contributed by atoms with van der Waals surface area (Å²) in [5.74, 6) is 0.0710. The average molecular weight is 328 g/mol. The van der Waals surface area contributed by atoms with Gasteiger partial charge in [0.15, 0.2) is 6.61 Å². The number of hydrogen-bond donors (Lipinski definition) is 2. The Hall–Kier alpha value is -3.16. The molecule has 1 aliphatic rings. The molecule has 3 rings (SSSR count). The van der Waals surface area contributed by atoms with Gasteiger partial charge in [0.1, 0.15) is 12.3 Å². The second kappa shape index (κ2) is 6.53. The topological polar surface area (TPSA) is 102 Å². The van der Waals surface area contributed by atoms with Crippen molar-refractivity contribution in [3.8, 4) is 5.75 Å². The highest BCUT2D eigenvalue weighted by molar-refractivity contribution is 5.95. The van der Waals surface area contributed by atoms with E-state index < -0.39 is 5.69 Å².